The fourth-order valence-electron chi connectivity index (χ4n) is 1.89. The zero-order chi connectivity index (χ0) is 15.4. The van der Waals surface area contributed by atoms with E-state index >= 15 is 0 Å². The summed E-state index contributed by atoms with van der Waals surface area (Å²) in [6.45, 7) is 1.98. The minimum atomic E-state index is -0.320. The third kappa shape index (κ3) is 3.25. The van der Waals surface area contributed by atoms with Gasteiger partial charge >= 0.3 is 0 Å². The SMILES string of the molecule is COc1cc(O)c(C(=O)C=Cc2sccc2C)c(OC)c1. The molecule has 0 unspecified atom stereocenters. The lowest BCUT2D eigenvalue weighted by molar-refractivity contribution is 0.104. The molecule has 0 fully saturated rings. The summed E-state index contributed by atoms with van der Waals surface area (Å²) in [5, 5.41) is 12.0. The van der Waals surface area contributed by atoms with Crippen LogP contribution >= 0.6 is 11.3 Å². The summed E-state index contributed by atoms with van der Waals surface area (Å²) < 4.78 is 10.2. The van der Waals surface area contributed by atoms with Crippen molar-refractivity contribution in [2.24, 2.45) is 0 Å². The minimum absolute atomic E-state index is 0.128. The Hall–Kier alpha value is -2.27. The van der Waals surface area contributed by atoms with Crippen LogP contribution in [0, 0.1) is 6.92 Å². The second-order valence-electron chi connectivity index (χ2n) is 4.39. The Morgan fingerprint density at radius 3 is 2.62 bits per heavy atom. The molecule has 0 saturated carbocycles. The van der Waals surface area contributed by atoms with Crippen molar-refractivity contribution in [3.8, 4) is 17.2 Å². The maximum Gasteiger partial charge on any atom is 0.193 e. The van der Waals surface area contributed by atoms with Gasteiger partial charge in [0.1, 0.15) is 22.8 Å². The Bertz CT molecular complexity index is 686. The zero-order valence-electron chi connectivity index (χ0n) is 12.0. The number of aryl methyl sites for hydroxylation is 1. The molecule has 21 heavy (non-hydrogen) atoms. The smallest absolute Gasteiger partial charge is 0.193 e. The van der Waals surface area contributed by atoms with E-state index in [9.17, 15) is 9.90 Å². The van der Waals surface area contributed by atoms with Crippen LogP contribution in [-0.4, -0.2) is 25.1 Å². The highest BCUT2D eigenvalue weighted by Crippen LogP contribution is 2.34. The number of carbonyl (C=O) groups is 1. The molecular formula is C16H16O4S. The lowest BCUT2D eigenvalue weighted by Crippen LogP contribution is -2.00. The van der Waals surface area contributed by atoms with Gasteiger partial charge in [-0.3, -0.25) is 4.79 Å². The van der Waals surface area contributed by atoms with Crippen molar-refractivity contribution in [2.45, 2.75) is 6.92 Å². The van der Waals surface area contributed by atoms with Gasteiger partial charge in [0.2, 0.25) is 0 Å². The molecule has 1 aromatic carbocycles. The number of phenolic OH excluding ortho intramolecular Hbond substituents is 1. The van der Waals surface area contributed by atoms with E-state index in [1.165, 1.54) is 26.4 Å². The number of hydrogen-bond acceptors (Lipinski definition) is 5. The van der Waals surface area contributed by atoms with Crippen molar-refractivity contribution >= 4 is 23.2 Å². The molecule has 2 rings (SSSR count). The van der Waals surface area contributed by atoms with Crippen molar-refractivity contribution in [2.75, 3.05) is 14.2 Å². The van der Waals surface area contributed by atoms with Gasteiger partial charge in [0.05, 0.1) is 14.2 Å². The minimum Gasteiger partial charge on any atom is -0.507 e. The Labute approximate surface area is 127 Å². The van der Waals surface area contributed by atoms with E-state index in [1.807, 2.05) is 18.4 Å². The van der Waals surface area contributed by atoms with Gasteiger partial charge in [-0.25, -0.2) is 0 Å². The quantitative estimate of drug-likeness (QED) is 0.676. The van der Waals surface area contributed by atoms with Crippen LogP contribution in [-0.2, 0) is 0 Å². The summed E-state index contributed by atoms with van der Waals surface area (Å²) in [5.74, 6) is 0.229. The number of carbonyl (C=O) groups excluding carboxylic acids is 1. The number of benzene rings is 1. The average molecular weight is 304 g/mol. The maximum absolute atomic E-state index is 12.3. The normalized spacial score (nSPS) is 10.8. The standard InChI is InChI=1S/C16H16O4S/c1-10-6-7-21-15(10)5-4-12(17)16-13(18)8-11(19-2)9-14(16)20-3/h4-9,18H,1-3H3. The van der Waals surface area contributed by atoms with E-state index in [1.54, 1.807) is 23.5 Å². The fraction of sp³-hybridized carbons (Fsp3) is 0.188. The number of methoxy groups -OCH3 is 2. The maximum atomic E-state index is 12.3. The van der Waals surface area contributed by atoms with Crippen molar-refractivity contribution < 1.29 is 19.4 Å². The van der Waals surface area contributed by atoms with Crippen LogP contribution in [0.15, 0.2) is 29.7 Å². The van der Waals surface area contributed by atoms with Crippen LogP contribution < -0.4 is 9.47 Å². The Morgan fingerprint density at radius 1 is 1.29 bits per heavy atom. The Balaban J connectivity index is 2.35. The monoisotopic (exact) mass is 304 g/mol. The predicted molar refractivity (Wildman–Crippen MR) is 83.6 cm³/mol. The van der Waals surface area contributed by atoms with Gasteiger partial charge in [0, 0.05) is 17.0 Å². The first-order chi connectivity index (χ1) is 10.1. The summed E-state index contributed by atoms with van der Waals surface area (Å²) in [5.41, 5.74) is 1.23. The molecule has 0 aliphatic heterocycles. The van der Waals surface area contributed by atoms with Crippen molar-refractivity contribution in [1.29, 1.82) is 0 Å². The van der Waals surface area contributed by atoms with E-state index in [4.69, 9.17) is 9.47 Å². The van der Waals surface area contributed by atoms with Gasteiger partial charge in [-0.1, -0.05) is 0 Å². The molecular weight excluding hydrogens is 288 g/mol. The summed E-state index contributed by atoms with van der Waals surface area (Å²) in [6.07, 6.45) is 3.17. The molecule has 4 nitrogen and oxygen atoms in total. The lowest BCUT2D eigenvalue weighted by atomic mass is 10.1. The van der Waals surface area contributed by atoms with E-state index < -0.39 is 0 Å². The number of thiophene rings is 1. The topological polar surface area (TPSA) is 55.8 Å². The average Bonchev–Trinajstić information content (AvgIpc) is 2.89. The van der Waals surface area contributed by atoms with Crippen LogP contribution in [0.3, 0.4) is 0 Å². The first-order valence-electron chi connectivity index (χ1n) is 6.28. The second kappa shape index (κ2) is 6.45. The van der Waals surface area contributed by atoms with Gasteiger partial charge in [-0.2, -0.15) is 0 Å². The van der Waals surface area contributed by atoms with E-state index in [-0.39, 0.29) is 22.8 Å². The highest BCUT2D eigenvalue weighted by Gasteiger charge is 2.17. The zero-order valence-corrected chi connectivity index (χ0v) is 12.9. The van der Waals surface area contributed by atoms with Crippen LogP contribution in [0.2, 0.25) is 0 Å². The molecule has 1 N–H and O–H groups in total. The van der Waals surface area contributed by atoms with Crippen molar-refractivity contribution in [3.63, 3.8) is 0 Å². The second-order valence-corrected chi connectivity index (χ2v) is 5.34. The van der Waals surface area contributed by atoms with Gasteiger partial charge in [0.25, 0.3) is 0 Å². The number of phenols is 1. The number of ketones is 1. The molecule has 1 aromatic heterocycles. The number of hydrogen-bond donors (Lipinski definition) is 1. The summed E-state index contributed by atoms with van der Waals surface area (Å²) in [6, 6.07) is 4.94. The first kappa shape index (κ1) is 15.1. The molecule has 0 aliphatic carbocycles. The van der Waals surface area contributed by atoms with E-state index in [0.717, 1.165) is 10.4 Å². The van der Waals surface area contributed by atoms with Gasteiger partial charge in [-0.05, 0) is 36.1 Å². The highest BCUT2D eigenvalue weighted by atomic mass is 32.1. The summed E-state index contributed by atoms with van der Waals surface area (Å²) >= 11 is 1.55. The molecule has 0 spiro atoms. The summed E-state index contributed by atoms with van der Waals surface area (Å²) in [7, 11) is 2.92. The van der Waals surface area contributed by atoms with Crippen molar-refractivity contribution in [1.82, 2.24) is 0 Å². The predicted octanol–water partition coefficient (Wildman–Crippen LogP) is 3.68. The highest BCUT2D eigenvalue weighted by molar-refractivity contribution is 7.11. The number of allylic oxidation sites excluding steroid dienone is 1. The van der Waals surface area contributed by atoms with Gasteiger partial charge in [0.15, 0.2) is 5.78 Å². The molecule has 0 bridgehead atoms. The number of ether oxygens (including phenoxy) is 2. The number of aromatic hydroxyl groups is 1. The van der Waals surface area contributed by atoms with E-state index in [0.29, 0.717) is 5.75 Å². The van der Waals surface area contributed by atoms with Crippen LogP contribution in [0.25, 0.3) is 6.08 Å². The number of rotatable bonds is 5. The molecule has 0 radical (unpaired) electrons. The molecule has 110 valence electrons. The molecule has 2 aromatic rings. The van der Waals surface area contributed by atoms with Crippen LogP contribution in [0.1, 0.15) is 20.8 Å². The van der Waals surface area contributed by atoms with Crippen LogP contribution in [0.5, 0.6) is 17.2 Å². The molecule has 0 amide bonds. The molecule has 0 atom stereocenters. The molecule has 5 heteroatoms. The molecule has 0 saturated heterocycles. The molecule has 1 heterocycles. The summed E-state index contributed by atoms with van der Waals surface area (Å²) in [4.78, 5) is 13.3. The Morgan fingerprint density at radius 2 is 2.05 bits per heavy atom. The van der Waals surface area contributed by atoms with Gasteiger partial charge in [-0.15, -0.1) is 11.3 Å². The van der Waals surface area contributed by atoms with Crippen molar-refractivity contribution in [3.05, 3.63) is 45.7 Å². The molecule has 0 aliphatic rings. The first-order valence-corrected chi connectivity index (χ1v) is 7.16. The Kier molecular flexibility index (Phi) is 4.65. The van der Waals surface area contributed by atoms with Gasteiger partial charge < -0.3 is 14.6 Å². The van der Waals surface area contributed by atoms with E-state index in [2.05, 4.69) is 0 Å². The fourth-order valence-corrected chi connectivity index (χ4v) is 2.71. The third-order valence-corrected chi connectivity index (χ3v) is 4.03. The third-order valence-electron chi connectivity index (χ3n) is 3.04. The lowest BCUT2D eigenvalue weighted by Gasteiger charge is -2.10. The van der Waals surface area contributed by atoms with Crippen LogP contribution in [0.4, 0.5) is 0 Å². The largest absolute Gasteiger partial charge is 0.507 e.